The van der Waals surface area contributed by atoms with E-state index in [1.165, 1.54) is 38.1 Å². The number of rotatable bonds is 10. The Kier molecular flexibility index (Phi) is 8.91. The molecule has 2 aromatic carbocycles. The van der Waals surface area contributed by atoms with Crippen LogP contribution in [-0.4, -0.2) is 41.7 Å². The largest absolute Gasteiger partial charge is 0.460 e. The highest BCUT2D eigenvalue weighted by atomic mass is 19.4. The van der Waals surface area contributed by atoms with Crippen LogP contribution in [0.15, 0.2) is 48.5 Å². The van der Waals surface area contributed by atoms with Crippen molar-refractivity contribution in [2.24, 2.45) is 0 Å². The van der Waals surface area contributed by atoms with Gasteiger partial charge in [0.15, 0.2) is 5.78 Å². The smallest absolute Gasteiger partial charge is 0.354 e. The Hall–Kier alpha value is -3.56. The predicted octanol–water partition coefficient (Wildman–Crippen LogP) is 6.65. The van der Waals surface area contributed by atoms with Gasteiger partial charge in [0.05, 0.1) is 11.6 Å². The highest BCUT2D eigenvalue weighted by Gasteiger charge is 2.81. The van der Waals surface area contributed by atoms with Crippen LogP contribution in [-0.2, 0) is 4.79 Å². The van der Waals surface area contributed by atoms with E-state index in [0.717, 1.165) is 24.3 Å². The van der Waals surface area contributed by atoms with Crippen LogP contribution in [0, 0.1) is 11.3 Å². The summed E-state index contributed by atoms with van der Waals surface area (Å²) in [5.74, 6) is -23.2. The van der Waals surface area contributed by atoms with E-state index in [4.69, 9.17) is 5.26 Å². The lowest BCUT2D eigenvalue weighted by molar-refractivity contribution is -0.397. The third kappa shape index (κ3) is 6.46. The van der Waals surface area contributed by atoms with E-state index in [9.17, 15) is 49.1 Å². The Balaban J connectivity index is 2.42. The molecule has 2 rings (SSSR count). The molecule has 1 amide bonds. The molecule has 38 heavy (non-hydrogen) atoms. The molecule has 0 saturated carbocycles. The zero-order valence-electron chi connectivity index (χ0n) is 19.9. The normalized spacial score (nSPS) is 13.7. The second kappa shape index (κ2) is 11.0. The van der Waals surface area contributed by atoms with Crippen molar-refractivity contribution in [3.05, 3.63) is 70.8 Å². The number of carbonyl (C=O) groups excluding carboxylic acids is 2. The Morgan fingerprint density at radius 3 is 1.71 bits per heavy atom. The molecule has 0 aliphatic heterocycles. The topological polar surface area (TPSA) is 70.0 Å². The second-order valence-corrected chi connectivity index (χ2v) is 8.82. The van der Waals surface area contributed by atoms with Crippen LogP contribution in [0.2, 0.25) is 0 Å². The number of alkyl halides is 9. The van der Waals surface area contributed by atoms with E-state index in [0.29, 0.717) is 0 Å². The van der Waals surface area contributed by atoms with Crippen molar-refractivity contribution in [2.75, 3.05) is 0 Å². The molecule has 0 radical (unpaired) electrons. The van der Waals surface area contributed by atoms with Crippen LogP contribution in [0.3, 0.4) is 0 Å². The van der Waals surface area contributed by atoms with Gasteiger partial charge in [-0.15, -0.1) is 0 Å². The molecule has 0 bridgehead atoms. The van der Waals surface area contributed by atoms with Gasteiger partial charge in [-0.1, -0.05) is 24.3 Å². The maximum atomic E-state index is 14.4. The Morgan fingerprint density at radius 1 is 0.816 bits per heavy atom. The van der Waals surface area contributed by atoms with Crippen LogP contribution in [0.5, 0.6) is 0 Å². The summed E-state index contributed by atoms with van der Waals surface area (Å²) in [4.78, 5) is 24.8. The second-order valence-electron chi connectivity index (χ2n) is 8.82. The number of amides is 1. The van der Waals surface area contributed by atoms with Crippen molar-refractivity contribution < 1.29 is 49.1 Å². The molecular weight excluding hydrogens is 531 g/mol. The summed E-state index contributed by atoms with van der Waals surface area (Å²) in [6.45, 7) is 2.98. The predicted molar refractivity (Wildman–Crippen MR) is 117 cm³/mol. The van der Waals surface area contributed by atoms with Crippen molar-refractivity contribution in [1.82, 2.24) is 5.32 Å². The number of nitrogens with one attached hydrogen (secondary N) is 1. The molecule has 1 N–H and O–H groups in total. The molecule has 0 spiro atoms. The number of carbonyl (C=O) groups is 2. The summed E-state index contributed by atoms with van der Waals surface area (Å²) in [5, 5.41) is 11.1. The van der Waals surface area contributed by atoms with Crippen LogP contribution in [0.1, 0.15) is 59.7 Å². The van der Waals surface area contributed by atoms with Gasteiger partial charge >= 0.3 is 23.9 Å². The van der Waals surface area contributed by atoms with Gasteiger partial charge in [0, 0.05) is 30.0 Å². The van der Waals surface area contributed by atoms with Gasteiger partial charge in [-0.05, 0) is 49.6 Å². The number of nitrogens with zero attached hydrogens (tertiary/aromatic N) is 1. The van der Waals surface area contributed by atoms with Gasteiger partial charge < -0.3 is 5.32 Å². The van der Waals surface area contributed by atoms with Crippen molar-refractivity contribution in [2.45, 2.75) is 62.6 Å². The number of benzene rings is 2. The molecule has 0 heterocycles. The molecule has 0 aliphatic rings. The number of hydrogen-bond acceptors (Lipinski definition) is 3. The van der Waals surface area contributed by atoms with E-state index >= 15 is 0 Å². The lowest BCUT2D eigenvalue weighted by atomic mass is 9.85. The molecular formula is C25H21F9N2O2. The SMILES string of the molecule is CC(C)NC(=O)CC(CC(F)(F)C(F)(F)C(F)(F)C(F)(F)F)c1ccc(C(=O)c2ccc(C#N)cc2)cc1. The summed E-state index contributed by atoms with van der Waals surface area (Å²) < 4.78 is 121. The summed E-state index contributed by atoms with van der Waals surface area (Å²) in [6.07, 6.45) is -10.1. The summed E-state index contributed by atoms with van der Waals surface area (Å²) in [6, 6.07) is 11.0. The average molecular weight is 552 g/mol. The third-order valence-corrected chi connectivity index (χ3v) is 5.51. The zero-order chi connectivity index (χ0) is 29.1. The van der Waals surface area contributed by atoms with Crippen LogP contribution in [0.4, 0.5) is 39.5 Å². The lowest BCUT2D eigenvalue weighted by Crippen LogP contribution is -2.61. The van der Waals surface area contributed by atoms with Crippen molar-refractivity contribution in [1.29, 1.82) is 5.26 Å². The van der Waals surface area contributed by atoms with Gasteiger partial charge in [-0.3, -0.25) is 9.59 Å². The minimum absolute atomic E-state index is 0.00969. The Labute approximate surface area is 211 Å². The monoisotopic (exact) mass is 552 g/mol. The number of hydrogen-bond donors (Lipinski definition) is 1. The highest BCUT2D eigenvalue weighted by molar-refractivity contribution is 6.09. The zero-order valence-corrected chi connectivity index (χ0v) is 19.9. The molecule has 0 aliphatic carbocycles. The molecule has 13 heteroatoms. The molecule has 0 saturated heterocycles. The van der Waals surface area contributed by atoms with E-state index < -0.39 is 60.4 Å². The number of nitriles is 1. The molecule has 0 aromatic heterocycles. The van der Waals surface area contributed by atoms with Gasteiger partial charge in [0.2, 0.25) is 5.91 Å². The van der Waals surface area contributed by atoms with Crippen LogP contribution < -0.4 is 5.32 Å². The number of halogens is 9. The first-order valence-electron chi connectivity index (χ1n) is 11.0. The molecule has 1 unspecified atom stereocenters. The maximum Gasteiger partial charge on any atom is 0.460 e. The Morgan fingerprint density at radius 2 is 1.29 bits per heavy atom. The van der Waals surface area contributed by atoms with Gasteiger partial charge in [-0.2, -0.15) is 44.8 Å². The average Bonchev–Trinajstić information content (AvgIpc) is 2.81. The highest BCUT2D eigenvalue weighted by Crippen LogP contribution is 2.55. The minimum Gasteiger partial charge on any atom is -0.354 e. The minimum atomic E-state index is -7.05. The first-order chi connectivity index (χ1) is 17.3. The van der Waals surface area contributed by atoms with Gasteiger partial charge in [-0.25, -0.2) is 0 Å². The Bertz CT molecular complexity index is 1180. The van der Waals surface area contributed by atoms with Crippen molar-refractivity contribution >= 4 is 11.7 Å². The molecule has 4 nitrogen and oxygen atoms in total. The molecule has 206 valence electrons. The van der Waals surface area contributed by atoms with E-state index in [1.807, 2.05) is 6.07 Å². The van der Waals surface area contributed by atoms with Crippen molar-refractivity contribution in [3.63, 3.8) is 0 Å². The first-order valence-corrected chi connectivity index (χ1v) is 11.0. The van der Waals surface area contributed by atoms with Crippen LogP contribution in [0.25, 0.3) is 0 Å². The first kappa shape index (κ1) is 30.7. The van der Waals surface area contributed by atoms with Crippen molar-refractivity contribution in [3.8, 4) is 6.07 Å². The van der Waals surface area contributed by atoms with E-state index in [-0.39, 0.29) is 22.3 Å². The van der Waals surface area contributed by atoms with E-state index in [1.54, 1.807) is 0 Å². The van der Waals surface area contributed by atoms with Crippen LogP contribution >= 0.6 is 0 Å². The summed E-state index contributed by atoms with van der Waals surface area (Å²) >= 11 is 0. The molecule has 2 aromatic rings. The fraction of sp³-hybridized carbons (Fsp3) is 0.400. The van der Waals surface area contributed by atoms with E-state index in [2.05, 4.69) is 5.32 Å². The third-order valence-electron chi connectivity index (χ3n) is 5.51. The fourth-order valence-corrected chi connectivity index (χ4v) is 3.53. The summed E-state index contributed by atoms with van der Waals surface area (Å²) in [5.41, 5.74) is 0.133. The van der Waals surface area contributed by atoms with Gasteiger partial charge in [0.1, 0.15) is 0 Å². The molecule has 0 fully saturated rings. The van der Waals surface area contributed by atoms with Gasteiger partial charge in [0.25, 0.3) is 0 Å². The maximum absolute atomic E-state index is 14.4. The standard InChI is InChI=1S/C25H21F9N2O2/c1-14(2)36-20(37)11-19(12-22(26,27)23(28,29)24(30,31)25(32,33)34)16-7-9-18(10-8-16)21(38)17-5-3-15(13-35)4-6-17/h3-10,14,19H,11-12H2,1-2H3,(H,36,37). The lowest BCUT2D eigenvalue weighted by Gasteiger charge is -2.35. The quantitative estimate of drug-likeness (QED) is 0.265. The summed E-state index contributed by atoms with van der Waals surface area (Å²) in [7, 11) is 0. The fourth-order valence-electron chi connectivity index (χ4n) is 3.53. The number of ketones is 1. The molecule has 1 atom stereocenters.